The lowest BCUT2D eigenvalue weighted by atomic mass is 10.2. The number of hydrogen-bond donors (Lipinski definition) is 1. The van der Waals surface area contributed by atoms with Gasteiger partial charge in [-0.1, -0.05) is 0 Å². The highest BCUT2D eigenvalue weighted by atomic mass is 16.6. The number of benzene rings is 2. The minimum atomic E-state index is -0.564. The Balaban J connectivity index is 1.82. The van der Waals surface area contributed by atoms with Crippen LogP contribution in [0, 0.1) is 0 Å². The van der Waals surface area contributed by atoms with Crippen molar-refractivity contribution in [1.82, 2.24) is 9.78 Å². The zero-order valence-corrected chi connectivity index (χ0v) is 14.7. The van der Waals surface area contributed by atoms with E-state index in [0.717, 1.165) is 22.5 Å². The minimum Gasteiger partial charge on any atom is -0.497 e. The molecular formula is C19H21N3O3. The number of rotatable bonds is 3. The molecule has 0 radical (unpaired) electrons. The molecule has 0 saturated heterocycles. The van der Waals surface area contributed by atoms with Crippen molar-refractivity contribution in [2.24, 2.45) is 0 Å². The molecule has 2 aromatic carbocycles. The summed E-state index contributed by atoms with van der Waals surface area (Å²) in [7, 11) is 1.64. The van der Waals surface area contributed by atoms with Gasteiger partial charge in [-0.25, -0.2) is 4.79 Å². The van der Waals surface area contributed by atoms with E-state index in [9.17, 15) is 4.79 Å². The Morgan fingerprint density at radius 1 is 1.08 bits per heavy atom. The van der Waals surface area contributed by atoms with Gasteiger partial charge in [-0.05, 0) is 63.2 Å². The van der Waals surface area contributed by atoms with Gasteiger partial charge < -0.3 is 14.8 Å². The van der Waals surface area contributed by atoms with E-state index in [1.807, 2.05) is 63.2 Å². The topological polar surface area (TPSA) is 65.4 Å². The summed E-state index contributed by atoms with van der Waals surface area (Å²) >= 11 is 0. The lowest BCUT2D eigenvalue weighted by molar-refractivity contribution is 0.0523. The molecule has 0 aliphatic heterocycles. The molecule has 25 heavy (non-hydrogen) atoms. The predicted octanol–water partition coefficient (Wildman–Crippen LogP) is 4.57. The van der Waals surface area contributed by atoms with Gasteiger partial charge in [0.25, 0.3) is 0 Å². The molecule has 1 heterocycles. The zero-order valence-electron chi connectivity index (χ0n) is 14.7. The van der Waals surface area contributed by atoms with E-state index in [-0.39, 0.29) is 0 Å². The van der Waals surface area contributed by atoms with Gasteiger partial charge in [-0.2, -0.15) is 9.78 Å². The quantitative estimate of drug-likeness (QED) is 0.757. The first-order chi connectivity index (χ1) is 11.9. The highest BCUT2D eigenvalue weighted by Crippen LogP contribution is 2.24. The Morgan fingerprint density at radius 2 is 1.76 bits per heavy atom. The van der Waals surface area contributed by atoms with Crippen molar-refractivity contribution < 1.29 is 14.3 Å². The second-order valence-electron chi connectivity index (χ2n) is 6.66. The first-order valence-electron chi connectivity index (χ1n) is 7.98. The highest BCUT2D eigenvalue weighted by Gasteiger charge is 2.20. The molecule has 0 aliphatic rings. The van der Waals surface area contributed by atoms with Crippen LogP contribution in [0.2, 0.25) is 0 Å². The van der Waals surface area contributed by atoms with E-state index >= 15 is 0 Å². The van der Waals surface area contributed by atoms with Crippen molar-refractivity contribution in [3.63, 3.8) is 0 Å². The standard InChI is InChI=1S/C19H21N3O3/c1-19(2,3)25-18(23)22-17-10-7-15(11-13(17)12-20-22)21-14-5-8-16(24-4)9-6-14/h5-12,21H,1-4H3. The fourth-order valence-corrected chi connectivity index (χ4v) is 2.40. The fraction of sp³-hybridized carbons (Fsp3) is 0.263. The molecule has 1 N–H and O–H groups in total. The maximum absolute atomic E-state index is 12.2. The van der Waals surface area contributed by atoms with E-state index in [1.165, 1.54) is 4.68 Å². The number of anilines is 2. The molecule has 6 nitrogen and oxygen atoms in total. The minimum absolute atomic E-state index is 0.488. The molecule has 3 rings (SSSR count). The zero-order chi connectivity index (χ0) is 18.0. The predicted molar refractivity (Wildman–Crippen MR) is 97.6 cm³/mol. The second kappa shape index (κ2) is 6.47. The number of methoxy groups -OCH3 is 1. The van der Waals surface area contributed by atoms with Crippen LogP contribution in [-0.2, 0) is 4.74 Å². The van der Waals surface area contributed by atoms with Gasteiger partial charge in [0, 0.05) is 16.8 Å². The third kappa shape index (κ3) is 3.91. The molecule has 0 unspecified atom stereocenters. The number of nitrogens with zero attached hydrogens (tertiary/aromatic N) is 2. The monoisotopic (exact) mass is 339 g/mol. The van der Waals surface area contributed by atoms with Gasteiger partial charge in [-0.15, -0.1) is 0 Å². The first-order valence-corrected chi connectivity index (χ1v) is 7.98. The van der Waals surface area contributed by atoms with Crippen LogP contribution in [0.15, 0.2) is 48.7 Å². The molecular weight excluding hydrogens is 318 g/mol. The Labute approximate surface area is 146 Å². The third-order valence-electron chi connectivity index (χ3n) is 3.51. The largest absolute Gasteiger partial charge is 0.497 e. The molecule has 0 saturated carbocycles. The van der Waals surface area contributed by atoms with E-state index in [1.54, 1.807) is 13.3 Å². The molecule has 1 aromatic heterocycles. The van der Waals surface area contributed by atoms with Crippen LogP contribution in [-0.4, -0.2) is 28.6 Å². The number of carbonyl (C=O) groups is 1. The second-order valence-corrected chi connectivity index (χ2v) is 6.66. The van der Waals surface area contributed by atoms with Crippen molar-refractivity contribution in [2.45, 2.75) is 26.4 Å². The smallest absolute Gasteiger partial charge is 0.435 e. The Hall–Kier alpha value is -3.02. The lowest BCUT2D eigenvalue weighted by Crippen LogP contribution is -2.27. The molecule has 3 aromatic rings. The summed E-state index contributed by atoms with van der Waals surface area (Å²) in [6.07, 6.45) is 1.16. The van der Waals surface area contributed by atoms with Gasteiger partial charge in [0.05, 0.1) is 18.8 Å². The summed E-state index contributed by atoms with van der Waals surface area (Å²) in [5.74, 6) is 0.805. The van der Waals surface area contributed by atoms with Gasteiger partial charge in [0.2, 0.25) is 0 Å². The van der Waals surface area contributed by atoms with E-state index in [2.05, 4.69) is 10.4 Å². The van der Waals surface area contributed by atoms with Crippen LogP contribution in [0.5, 0.6) is 5.75 Å². The van der Waals surface area contributed by atoms with Gasteiger partial charge in [0.1, 0.15) is 11.4 Å². The van der Waals surface area contributed by atoms with Crippen LogP contribution in [0.25, 0.3) is 10.9 Å². The van der Waals surface area contributed by atoms with Crippen molar-refractivity contribution in [1.29, 1.82) is 0 Å². The Kier molecular flexibility index (Phi) is 4.35. The van der Waals surface area contributed by atoms with Crippen molar-refractivity contribution in [3.05, 3.63) is 48.7 Å². The molecule has 0 fully saturated rings. The molecule has 0 atom stereocenters. The SMILES string of the molecule is COc1ccc(Nc2ccc3c(cnn3C(=O)OC(C)(C)C)c2)cc1. The van der Waals surface area contributed by atoms with Crippen LogP contribution in [0.3, 0.4) is 0 Å². The Bertz CT molecular complexity index is 892. The molecule has 130 valence electrons. The highest BCUT2D eigenvalue weighted by molar-refractivity contribution is 5.90. The van der Waals surface area contributed by atoms with Crippen molar-refractivity contribution in [3.8, 4) is 5.75 Å². The molecule has 0 amide bonds. The molecule has 0 spiro atoms. The molecule has 0 aliphatic carbocycles. The molecule has 6 heteroatoms. The van der Waals surface area contributed by atoms with Gasteiger partial charge >= 0.3 is 6.09 Å². The normalized spacial score (nSPS) is 11.4. The van der Waals surface area contributed by atoms with Crippen molar-refractivity contribution >= 4 is 28.4 Å². The van der Waals surface area contributed by atoms with Gasteiger partial charge in [-0.3, -0.25) is 0 Å². The van der Waals surface area contributed by atoms with Crippen molar-refractivity contribution in [2.75, 3.05) is 12.4 Å². The summed E-state index contributed by atoms with van der Waals surface area (Å²) in [6, 6.07) is 13.3. The number of ether oxygens (including phenoxy) is 2. The maximum atomic E-state index is 12.2. The molecule has 0 bridgehead atoms. The summed E-state index contributed by atoms with van der Waals surface area (Å²) < 4.78 is 11.8. The number of fused-ring (bicyclic) bond motifs is 1. The number of aromatic nitrogens is 2. The average molecular weight is 339 g/mol. The van der Waals surface area contributed by atoms with E-state index in [4.69, 9.17) is 9.47 Å². The lowest BCUT2D eigenvalue weighted by Gasteiger charge is -2.19. The van der Waals surface area contributed by atoms with Crippen LogP contribution in [0.1, 0.15) is 20.8 Å². The van der Waals surface area contributed by atoms with Crippen LogP contribution in [0.4, 0.5) is 16.2 Å². The third-order valence-corrected chi connectivity index (χ3v) is 3.51. The summed E-state index contributed by atoms with van der Waals surface area (Å²) in [6.45, 7) is 5.48. The fourth-order valence-electron chi connectivity index (χ4n) is 2.40. The Morgan fingerprint density at radius 3 is 2.40 bits per heavy atom. The van der Waals surface area contributed by atoms with E-state index < -0.39 is 11.7 Å². The van der Waals surface area contributed by atoms with Crippen LogP contribution < -0.4 is 10.1 Å². The van der Waals surface area contributed by atoms with E-state index in [0.29, 0.717) is 5.52 Å². The first kappa shape index (κ1) is 16.8. The average Bonchev–Trinajstić information content (AvgIpc) is 2.97. The number of hydrogen-bond acceptors (Lipinski definition) is 5. The number of nitrogens with one attached hydrogen (secondary N) is 1. The summed E-state index contributed by atoms with van der Waals surface area (Å²) in [4.78, 5) is 12.2. The maximum Gasteiger partial charge on any atom is 0.435 e. The van der Waals surface area contributed by atoms with Gasteiger partial charge in [0.15, 0.2) is 0 Å². The van der Waals surface area contributed by atoms with Crippen LogP contribution >= 0.6 is 0 Å². The summed E-state index contributed by atoms with van der Waals surface area (Å²) in [5, 5.41) is 8.31. The summed E-state index contributed by atoms with van der Waals surface area (Å²) in [5.41, 5.74) is 1.99. The number of carbonyl (C=O) groups excluding carboxylic acids is 1.